The minimum Gasteiger partial charge on any atom is -0.463 e. The van der Waals surface area contributed by atoms with Gasteiger partial charge in [-0.15, -0.1) is 0 Å². The highest BCUT2D eigenvalue weighted by Crippen LogP contribution is 1.84. The van der Waals surface area contributed by atoms with Crippen LogP contribution in [0, 0.1) is 0 Å². The lowest BCUT2D eigenvalue weighted by Gasteiger charge is -1.93. The van der Waals surface area contributed by atoms with E-state index < -0.39 is 16.0 Å². The van der Waals surface area contributed by atoms with Crippen LogP contribution in [-0.4, -0.2) is 26.7 Å². The van der Waals surface area contributed by atoms with Crippen LogP contribution in [0.2, 0.25) is 0 Å². The molecule has 0 radical (unpaired) electrons. The van der Waals surface area contributed by atoms with Crippen LogP contribution in [0.25, 0.3) is 0 Å². The zero-order valence-electron chi connectivity index (χ0n) is 6.69. The van der Waals surface area contributed by atoms with Gasteiger partial charge in [0.25, 0.3) is 0 Å². The van der Waals surface area contributed by atoms with Gasteiger partial charge in [-0.3, -0.25) is 0 Å². The molecule has 0 atom stereocenters. The van der Waals surface area contributed by atoms with E-state index in [1.165, 1.54) is 0 Å². The summed E-state index contributed by atoms with van der Waals surface area (Å²) < 4.78 is 25.2. The number of carbonyl (C=O) groups excluding carboxylic acids is 1. The van der Waals surface area contributed by atoms with E-state index in [1.54, 1.807) is 6.92 Å². The van der Waals surface area contributed by atoms with Crippen LogP contribution < -0.4 is 5.14 Å². The normalized spacial score (nSPS) is 11.8. The molecule has 0 saturated carbocycles. The van der Waals surface area contributed by atoms with Gasteiger partial charge in [0, 0.05) is 6.08 Å². The zero-order valence-corrected chi connectivity index (χ0v) is 7.50. The monoisotopic (exact) mass is 193 g/mol. The van der Waals surface area contributed by atoms with Crippen LogP contribution in [-0.2, 0) is 19.6 Å². The predicted octanol–water partition coefficient (Wildman–Crippen LogP) is -0.606. The van der Waals surface area contributed by atoms with Crippen LogP contribution >= 0.6 is 0 Å². The fourth-order valence-corrected chi connectivity index (χ4v) is 0.833. The molecule has 0 bridgehead atoms. The summed E-state index contributed by atoms with van der Waals surface area (Å²) >= 11 is 0. The van der Waals surface area contributed by atoms with Gasteiger partial charge in [0.05, 0.1) is 12.4 Å². The average molecular weight is 193 g/mol. The zero-order chi connectivity index (χ0) is 9.61. The lowest BCUT2D eigenvalue weighted by atomic mass is 10.5. The van der Waals surface area contributed by atoms with Crippen molar-refractivity contribution in [2.75, 3.05) is 12.4 Å². The summed E-state index contributed by atoms with van der Waals surface area (Å²) in [6, 6.07) is 0. The van der Waals surface area contributed by atoms with Crippen LogP contribution in [0.1, 0.15) is 6.92 Å². The van der Waals surface area contributed by atoms with E-state index in [4.69, 9.17) is 0 Å². The van der Waals surface area contributed by atoms with Crippen molar-refractivity contribution in [3.63, 3.8) is 0 Å². The number of esters is 1. The van der Waals surface area contributed by atoms with Crippen molar-refractivity contribution in [3.05, 3.63) is 12.2 Å². The second kappa shape index (κ2) is 4.89. The molecule has 0 fully saturated rings. The maximum Gasteiger partial charge on any atom is 0.330 e. The van der Waals surface area contributed by atoms with Crippen LogP contribution in [0.4, 0.5) is 0 Å². The molecule has 0 aliphatic rings. The van der Waals surface area contributed by atoms with E-state index in [-0.39, 0.29) is 12.4 Å². The number of hydrogen-bond acceptors (Lipinski definition) is 4. The summed E-state index contributed by atoms with van der Waals surface area (Å²) in [5.74, 6) is -0.924. The van der Waals surface area contributed by atoms with Crippen molar-refractivity contribution >= 4 is 16.0 Å². The molecule has 0 aromatic carbocycles. The van der Waals surface area contributed by atoms with E-state index in [1.807, 2.05) is 0 Å². The first kappa shape index (κ1) is 11.1. The molecule has 0 spiro atoms. The van der Waals surface area contributed by atoms with Crippen molar-refractivity contribution in [2.24, 2.45) is 5.14 Å². The summed E-state index contributed by atoms with van der Waals surface area (Å²) in [5, 5.41) is 4.66. The molecule has 0 aliphatic carbocycles. The number of rotatable bonds is 4. The van der Waals surface area contributed by atoms with Crippen molar-refractivity contribution in [3.8, 4) is 0 Å². The molecule has 0 aliphatic heterocycles. The van der Waals surface area contributed by atoms with Gasteiger partial charge in [-0.25, -0.2) is 18.4 Å². The standard InChI is InChI=1S/C6H11NO4S/c1-2-11-6(8)4-3-5-12(7,9)10/h3-4H,2,5H2,1H3,(H2,7,9,10)/b4-3+. The Kier molecular flexibility index (Phi) is 4.53. The molecule has 2 N–H and O–H groups in total. The molecule has 0 unspecified atom stereocenters. The van der Waals surface area contributed by atoms with Gasteiger partial charge >= 0.3 is 5.97 Å². The number of carbonyl (C=O) groups is 1. The van der Waals surface area contributed by atoms with Crippen molar-refractivity contribution in [2.45, 2.75) is 6.92 Å². The van der Waals surface area contributed by atoms with E-state index in [0.29, 0.717) is 0 Å². The number of ether oxygens (including phenoxy) is 1. The quantitative estimate of drug-likeness (QED) is 0.477. The van der Waals surface area contributed by atoms with E-state index in [2.05, 4.69) is 9.88 Å². The Hall–Kier alpha value is -0.880. The van der Waals surface area contributed by atoms with Gasteiger partial charge in [0.1, 0.15) is 0 Å². The predicted molar refractivity (Wildman–Crippen MR) is 43.7 cm³/mol. The highest BCUT2D eigenvalue weighted by atomic mass is 32.2. The summed E-state index contributed by atoms with van der Waals surface area (Å²) in [5.41, 5.74) is 0. The Bertz CT molecular complexity index is 267. The minimum absolute atomic E-state index is 0.262. The first-order valence-electron chi connectivity index (χ1n) is 3.29. The molecule has 0 aromatic rings. The molecule has 0 rings (SSSR count). The van der Waals surface area contributed by atoms with Crippen LogP contribution in [0.3, 0.4) is 0 Å². The van der Waals surface area contributed by atoms with E-state index in [0.717, 1.165) is 12.2 Å². The summed E-state index contributed by atoms with van der Waals surface area (Å²) in [4.78, 5) is 10.6. The Morgan fingerprint density at radius 2 is 2.17 bits per heavy atom. The van der Waals surface area contributed by atoms with Gasteiger partial charge in [-0.1, -0.05) is 6.08 Å². The van der Waals surface area contributed by atoms with E-state index in [9.17, 15) is 13.2 Å². The van der Waals surface area contributed by atoms with Crippen LogP contribution in [0.5, 0.6) is 0 Å². The molecule has 0 saturated heterocycles. The second-order valence-corrected chi connectivity index (χ2v) is 3.64. The third-order valence-corrected chi connectivity index (χ3v) is 1.53. The van der Waals surface area contributed by atoms with Crippen molar-refractivity contribution in [1.29, 1.82) is 0 Å². The largest absolute Gasteiger partial charge is 0.463 e. The minimum atomic E-state index is -3.53. The molecule has 0 aromatic heterocycles. The Morgan fingerprint density at radius 1 is 1.58 bits per heavy atom. The fraction of sp³-hybridized carbons (Fsp3) is 0.500. The van der Waals surface area contributed by atoms with Gasteiger partial charge in [-0.2, -0.15) is 0 Å². The van der Waals surface area contributed by atoms with Gasteiger partial charge < -0.3 is 4.74 Å². The number of sulfonamides is 1. The number of hydrogen-bond donors (Lipinski definition) is 1. The second-order valence-electron chi connectivity index (χ2n) is 1.98. The van der Waals surface area contributed by atoms with Crippen molar-refractivity contribution < 1.29 is 17.9 Å². The molecule has 6 heteroatoms. The Labute approximate surface area is 71.3 Å². The molecular weight excluding hydrogens is 182 g/mol. The molecule has 70 valence electrons. The SMILES string of the molecule is CCOC(=O)/C=C/CS(N)(=O)=O. The molecule has 0 heterocycles. The third-order valence-electron chi connectivity index (χ3n) is 0.869. The molecule has 0 amide bonds. The highest BCUT2D eigenvalue weighted by molar-refractivity contribution is 7.89. The topological polar surface area (TPSA) is 86.5 Å². The highest BCUT2D eigenvalue weighted by Gasteiger charge is 1.98. The first-order chi connectivity index (χ1) is 5.45. The average Bonchev–Trinajstić information content (AvgIpc) is 1.84. The van der Waals surface area contributed by atoms with Gasteiger partial charge in [0.15, 0.2) is 0 Å². The maximum absolute atomic E-state index is 10.6. The van der Waals surface area contributed by atoms with Gasteiger partial charge in [-0.05, 0) is 6.92 Å². The molecule has 12 heavy (non-hydrogen) atoms. The van der Waals surface area contributed by atoms with Crippen molar-refractivity contribution in [1.82, 2.24) is 0 Å². The third kappa shape index (κ3) is 7.23. The smallest absolute Gasteiger partial charge is 0.330 e. The first-order valence-corrected chi connectivity index (χ1v) is 5.01. The van der Waals surface area contributed by atoms with Crippen LogP contribution in [0.15, 0.2) is 12.2 Å². The van der Waals surface area contributed by atoms with E-state index >= 15 is 0 Å². The summed E-state index contributed by atoms with van der Waals surface area (Å²) in [6.45, 7) is 1.92. The fourth-order valence-electron chi connectivity index (χ4n) is 0.469. The molecular formula is C6H11NO4S. The summed E-state index contributed by atoms with van der Waals surface area (Å²) in [6.07, 6.45) is 2.18. The maximum atomic E-state index is 10.6. The van der Waals surface area contributed by atoms with Gasteiger partial charge in [0.2, 0.25) is 10.0 Å². The molecule has 5 nitrogen and oxygen atoms in total. The number of nitrogens with two attached hydrogens (primary N) is 1. The lowest BCUT2D eigenvalue weighted by Crippen LogP contribution is -2.15. The lowest BCUT2D eigenvalue weighted by molar-refractivity contribution is -0.137. The Balaban J connectivity index is 3.85. The summed E-state index contributed by atoms with van der Waals surface area (Å²) in [7, 11) is -3.53. The Morgan fingerprint density at radius 3 is 2.58 bits per heavy atom. The number of primary sulfonamides is 1.